The van der Waals surface area contributed by atoms with Crippen molar-refractivity contribution >= 4 is 15.7 Å². The molecule has 0 saturated carbocycles. The van der Waals surface area contributed by atoms with Gasteiger partial charge < -0.3 is 10.2 Å². The van der Waals surface area contributed by atoms with Gasteiger partial charge in [-0.3, -0.25) is 4.79 Å². The minimum Gasteiger partial charge on any atom is -0.339 e. The van der Waals surface area contributed by atoms with Crippen molar-refractivity contribution in [2.45, 2.75) is 38.6 Å². The SMILES string of the molecule is CCN(C(=O)CC1CCS(=O)(=O)C1)C1CCCNC1. The van der Waals surface area contributed by atoms with Gasteiger partial charge >= 0.3 is 0 Å². The van der Waals surface area contributed by atoms with Crippen molar-refractivity contribution in [1.29, 1.82) is 0 Å². The summed E-state index contributed by atoms with van der Waals surface area (Å²) in [6.07, 6.45) is 3.19. The second-order valence-electron chi connectivity index (χ2n) is 5.65. The normalized spacial score (nSPS) is 30.2. The van der Waals surface area contributed by atoms with Crippen molar-refractivity contribution in [3.05, 3.63) is 0 Å². The molecular formula is C13H24N2O3S. The number of likely N-dealkylation sites (N-methyl/N-ethyl adjacent to an activating group) is 1. The molecule has 0 aromatic carbocycles. The van der Waals surface area contributed by atoms with Crippen LogP contribution >= 0.6 is 0 Å². The Labute approximate surface area is 115 Å². The molecule has 0 aliphatic carbocycles. The Morgan fingerprint density at radius 3 is 2.68 bits per heavy atom. The van der Waals surface area contributed by atoms with Gasteiger partial charge in [0.15, 0.2) is 9.84 Å². The third kappa shape index (κ3) is 3.92. The Morgan fingerprint density at radius 2 is 2.16 bits per heavy atom. The van der Waals surface area contributed by atoms with Crippen molar-refractivity contribution in [1.82, 2.24) is 10.2 Å². The number of nitrogens with zero attached hydrogens (tertiary/aromatic N) is 1. The fraction of sp³-hybridized carbons (Fsp3) is 0.923. The molecule has 2 saturated heterocycles. The molecular weight excluding hydrogens is 264 g/mol. The summed E-state index contributed by atoms with van der Waals surface area (Å²) in [5, 5.41) is 3.32. The van der Waals surface area contributed by atoms with E-state index in [9.17, 15) is 13.2 Å². The van der Waals surface area contributed by atoms with E-state index in [0.29, 0.717) is 19.4 Å². The van der Waals surface area contributed by atoms with Gasteiger partial charge in [0, 0.05) is 25.6 Å². The molecule has 2 heterocycles. The molecule has 0 aromatic rings. The Hall–Kier alpha value is -0.620. The van der Waals surface area contributed by atoms with Crippen molar-refractivity contribution in [2.24, 2.45) is 5.92 Å². The second kappa shape index (κ2) is 6.22. The Bertz CT molecular complexity index is 416. The predicted octanol–water partition coefficient (Wildman–Crippen LogP) is 0.412. The molecule has 2 atom stereocenters. The quantitative estimate of drug-likeness (QED) is 0.814. The van der Waals surface area contributed by atoms with E-state index in [4.69, 9.17) is 0 Å². The molecule has 2 rings (SSSR count). The molecule has 0 bridgehead atoms. The number of piperidine rings is 1. The van der Waals surface area contributed by atoms with Crippen molar-refractivity contribution in [3.63, 3.8) is 0 Å². The van der Waals surface area contributed by atoms with E-state index in [1.165, 1.54) is 0 Å². The van der Waals surface area contributed by atoms with Gasteiger partial charge in [0.1, 0.15) is 0 Å². The minimum atomic E-state index is -2.88. The summed E-state index contributed by atoms with van der Waals surface area (Å²) < 4.78 is 22.9. The van der Waals surface area contributed by atoms with Crippen LogP contribution in [0.25, 0.3) is 0 Å². The molecule has 2 fully saturated rings. The highest BCUT2D eigenvalue weighted by atomic mass is 32.2. The monoisotopic (exact) mass is 288 g/mol. The van der Waals surface area contributed by atoms with Gasteiger partial charge in [0.05, 0.1) is 11.5 Å². The zero-order valence-corrected chi connectivity index (χ0v) is 12.4. The molecule has 0 radical (unpaired) electrons. The van der Waals surface area contributed by atoms with Gasteiger partial charge in [-0.25, -0.2) is 8.42 Å². The molecule has 0 spiro atoms. The van der Waals surface area contributed by atoms with E-state index in [2.05, 4.69) is 5.32 Å². The molecule has 0 aromatic heterocycles. The Morgan fingerprint density at radius 1 is 1.37 bits per heavy atom. The summed E-state index contributed by atoms with van der Waals surface area (Å²) in [5.41, 5.74) is 0. The number of sulfone groups is 1. The van der Waals surface area contributed by atoms with E-state index >= 15 is 0 Å². The molecule has 2 unspecified atom stereocenters. The summed E-state index contributed by atoms with van der Waals surface area (Å²) in [7, 11) is -2.88. The lowest BCUT2D eigenvalue weighted by atomic mass is 10.0. The first kappa shape index (κ1) is 14.8. The fourth-order valence-electron chi connectivity index (χ4n) is 3.13. The zero-order valence-electron chi connectivity index (χ0n) is 11.6. The third-order valence-electron chi connectivity index (χ3n) is 4.16. The van der Waals surface area contributed by atoms with E-state index in [-0.39, 0.29) is 29.4 Å². The van der Waals surface area contributed by atoms with Gasteiger partial charge in [0.2, 0.25) is 5.91 Å². The molecule has 5 nitrogen and oxygen atoms in total. The lowest BCUT2D eigenvalue weighted by molar-refractivity contribution is -0.134. The molecule has 2 aliphatic rings. The predicted molar refractivity (Wildman–Crippen MR) is 74.7 cm³/mol. The maximum atomic E-state index is 12.3. The van der Waals surface area contributed by atoms with Crippen LogP contribution in [0.15, 0.2) is 0 Å². The van der Waals surface area contributed by atoms with E-state index in [0.717, 1.165) is 25.9 Å². The van der Waals surface area contributed by atoms with Crippen LogP contribution in [0, 0.1) is 5.92 Å². The maximum absolute atomic E-state index is 12.3. The highest BCUT2D eigenvalue weighted by molar-refractivity contribution is 7.91. The van der Waals surface area contributed by atoms with Gasteiger partial charge in [-0.15, -0.1) is 0 Å². The number of amides is 1. The summed E-state index contributed by atoms with van der Waals surface area (Å²) in [5.74, 6) is 0.600. The van der Waals surface area contributed by atoms with Crippen LogP contribution in [0.4, 0.5) is 0 Å². The molecule has 19 heavy (non-hydrogen) atoms. The fourth-order valence-corrected chi connectivity index (χ4v) is 5.00. The van der Waals surface area contributed by atoms with E-state index < -0.39 is 9.84 Å². The first-order chi connectivity index (χ1) is 9.02. The minimum absolute atomic E-state index is 0.0306. The highest BCUT2D eigenvalue weighted by Gasteiger charge is 2.32. The number of hydrogen-bond acceptors (Lipinski definition) is 4. The highest BCUT2D eigenvalue weighted by Crippen LogP contribution is 2.23. The van der Waals surface area contributed by atoms with Crippen LogP contribution < -0.4 is 5.32 Å². The van der Waals surface area contributed by atoms with Crippen molar-refractivity contribution < 1.29 is 13.2 Å². The van der Waals surface area contributed by atoms with Crippen molar-refractivity contribution in [3.8, 4) is 0 Å². The second-order valence-corrected chi connectivity index (χ2v) is 7.88. The number of carbonyl (C=O) groups is 1. The van der Waals surface area contributed by atoms with E-state index in [1.54, 1.807) is 0 Å². The van der Waals surface area contributed by atoms with Crippen LogP contribution in [0.2, 0.25) is 0 Å². The van der Waals surface area contributed by atoms with Crippen molar-refractivity contribution in [2.75, 3.05) is 31.1 Å². The molecule has 1 amide bonds. The standard InChI is InChI=1S/C13H24N2O3S/c1-2-15(12-4-3-6-14-9-12)13(16)8-11-5-7-19(17,18)10-11/h11-12,14H,2-10H2,1H3. The molecule has 6 heteroatoms. The van der Waals surface area contributed by atoms with Crippen LogP contribution in [-0.2, 0) is 14.6 Å². The summed E-state index contributed by atoms with van der Waals surface area (Å²) in [4.78, 5) is 14.3. The molecule has 1 N–H and O–H groups in total. The number of nitrogens with one attached hydrogen (secondary N) is 1. The topological polar surface area (TPSA) is 66.5 Å². The van der Waals surface area contributed by atoms with Gasteiger partial charge in [-0.05, 0) is 38.6 Å². The molecule has 2 aliphatic heterocycles. The van der Waals surface area contributed by atoms with E-state index in [1.807, 2.05) is 11.8 Å². The van der Waals surface area contributed by atoms with Crippen LogP contribution in [0.5, 0.6) is 0 Å². The third-order valence-corrected chi connectivity index (χ3v) is 6.00. The largest absolute Gasteiger partial charge is 0.339 e. The summed E-state index contributed by atoms with van der Waals surface area (Å²) in [6, 6.07) is 0.282. The number of rotatable bonds is 4. The van der Waals surface area contributed by atoms with Gasteiger partial charge in [0.25, 0.3) is 0 Å². The zero-order chi connectivity index (χ0) is 13.9. The lowest BCUT2D eigenvalue weighted by Gasteiger charge is -2.34. The lowest BCUT2D eigenvalue weighted by Crippen LogP contribution is -2.49. The average molecular weight is 288 g/mol. The summed E-state index contributed by atoms with van der Waals surface area (Å²) >= 11 is 0. The Kier molecular flexibility index (Phi) is 4.84. The maximum Gasteiger partial charge on any atom is 0.223 e. The molecule has 110 valence electrons. The van der Waals surface area contributed by atoms with Gasteiger partial charge in [-0.2, -0.15) is 0 Å². The van der Waals surface area contributed by atoms with Gasteiger partial charge in [-0.1, -0.05) is 0 Å². The summed E-state index contributed by atoms with van der Waals surface area (Å²) in [6.45, 7) is 4.61. The first-order valence-electron chi connectivity index (χ1n) is 7.22. The van der Waals surface area contributed by atoms with Crippen LogP contribution in [0.3, 0.4) is 0 Å². The smallest absolute Gasteiger partial charge is 0.223 e. The number of carbonyl (C=O) groups excluding carboxylic acids is 1. The van der Waals surface area contributed by atoms with Crippen LogP contribution in [0.1, 0.15) is 32.6 Å². The number of hydrogen-bond donors (Lipinski definition) is 1. The van der Waals surface area contributed by atoms with Crippen LogP contribution in [-0.4, -0.2) is 56.4 Å². The Balaban J connectivity index is 1.90. The average Bonchev–Trinajstić information content (AvgIpc) is 2.71. The first-order valence-corrected chi connectivity index (χ1v) is 9.04.